The molecule has 0 aliphatic heterocycles. The number of ether oxygens (including phenoxy) is 4. The Balaban J connectivity index is 1.51. The highest BCUT2D eigenvalue weighted by Crippen LogP contribution is 2.26. The maximum atomic E-state index is 11.4. The summed E-state index contributed by atoms with van der Waals surface area (Å²) in [6.45, 7) is -1.38. The van der Waals surface area contributed by atoms with Crippen molar-refractivity contribution >= 4 is 0 Å². The third-order valence-corrected chi connectivity index (χ3v) is 6.99. The molecule has 4 aromatic rings. The van der Waals surface area contributed by atoms with E-state index in [-0.39, 0.29) is 85.6 Å². The number of phenols is 8. The van der Waals surface area contributed by atoms with Crippen LogP contribution in [0.3, 0.4) is 0 Å². The zero-order valence-corrected chi connectivity index (χ0v) is 25.6. The van der Waals surface area contributed by atoms with E-state index in [0.717, 1.165) is 24.3 Å². The van der Waals surface area contributed by atoms with E-state index in [9.17, 15) is 51.1 Å². The van der Waals surface area contributed by atoms with Crippen LogP contribution in [0, 0.1) is 0 Å². The number of aliphatic hydroxyl groups excluding tert-OH is 2. The number of aromatic hydroxyl groups is 8. The minimum atomic E-state index is -1.70. The number of hydrogen-bond donors (Lipinski definition) is 10. The van der Waals surface area contributed by atoms with E-state index < -0.39 is 24.4 Å². The topological polar surface area (TPSA) is 239 Å². The lowest BCUT2D eigenvalue weighted by molar-refractivity contribution is -0.170. The van der Waals surface area contributed by atoms with Crippen LogP contribution in [0.1, 0.15) is 22.3 Å². The van der Waals surface area contributed by atoms with Crippen LogP contribution >= 0.6 is 0 Å². The van der Waals surface area contributed by atoms with Crippen molar-refractivity contribution < 1.29 is 70.0 Å². The predicted octanol–water partition coefficient (Wildman–Crippen LogP) is 2.96. The second-order valence-corrected chi connectivity index (χ2v) is 11.1. The second kappa shape index (κ2) is 16.7. The molecule has 258 valence electrons. The highest BCUT2D eigenvalue weighted by atomic mass is 16.6. The van der Waals surface area contributed by atoms with E-state index >= 15 is 0 Å². The van der Waals surface area contributed by atoms with Crippen LogP contribution in [0.15, 0.2) is 72.8 Å². The highest BCUT2D eigenvalue weighted by Gasteiger charge is 2.34. The van der Waals surface area contributed by atoms with Crippen LogP contribution in [-0.2, 0) is 45.4 Å². The Morgan fingerprint density at radius 3 is 0.833 bits per heavy atom. The second-order valence-electron chi connectivity index (χ2n) is 11.1. The third-order valence-electron chi connectivity index (χ3n) is 6.99. The van der Waals surface area contributed by atoms with Gasteiger partial charge in [0.2, 0.25) is 0 Å². The predicted molar refractivity (Wildman–Crippen MR) is 168 cm³/mol. The van der Waals surface area contributed by atoms with Crippen LogP contribution in [0.5, 0.6) is 46.0 Å². The van der Waals surface area contributed by atoms with Gasteiger partial charge in [-0.3, -0.25) is 0 Å². The number of hydrogen-bond acceptors (Lipinski definition) is 14. The summed E-state index contributed by atoms with van der Waals surface area (Å²) in [6, 6.07) is 15.3. The summed E-state index contributed by atoms with van der Waals surface area (Å²) >= 11 is 0. The lowest BCUT2D eigenvalue weighted by Crippen LogP contribution is -2.49. The zero-order valence-electron chi connectivity index (χ0n) is 25.6. The van der Waals surface area contributed by atoms with Crippen molar-refractivity contribution in [2.45, 2.75) is 50.8 Å². The lowest BCUT2D eigenvalue weighted by Gasteiger charge is -2.32. The number of aliphatic hydroxyl groups is 2. The molecule has 0 bridgehead atoms. The van der Waals surface area contributed by atoms with Crippen molar-refractivity contribution in [1.82, 2.24) is 0 Å². The summed E-state index contributed by atoms with van der Waals surface area (Å²) in [6.07, 6.45) is -5.92. The first kappa shape index (κ1) is 35.9. The van der Waals surface area contributed by atoms with Gasteiger partial charge in [-0.05, 0) is 70.8 Å². The molecule has 14 nitrogen and oxygen atoms in total. The van der Waals surface area contributed by atoms with Gasteiger partial charge >= 0.3 is 0 Å². The van der Waals surface area contributed by atoms with Crippen molar-refractivity contribution in [2.75, 3.05) is 13.2 Å². The van der Waals surface area contributed by atoms with Crippen molar-refractivity contribution in [2.24, 2.45) is 0 Å². The molecule has 4 atom stereocenters. The summed E-state index contributed by atoms with van der Waals surface area (Å²) in [5, 5.41) is 101. The molecule has 0 radical (unpaired) electrons. The van der Waals surface area contributed by atoms with Gasteiger partial charge in [-0.2, -0.15) is 0 Å². The normalized spacial score (nSPS) is 14.0. The van der Waals surface area contributed by atoms with Gasteiger partial charge in [-0.15, -0.1) is 0 Å². The summed E-state index contributed by atoms with van der Waals surface area (Å²) in [5.41, 5.74) is 1.49. The molecule has 0 aromatic heterocycles. The molecular weight excluding hydrogens is 632 g/mol. The summed E-state index contributed by atoms with van der Waals surface area (Å²) in [4.78, 5) is 0. The molecule has 0 aliphatic rings. The van der Waals surface area contributed by atoms with E-state index in [1.807, 2.05) is 0 Å². The third kappa shape index (κ3) is 11.1. The Hall–Kier alpha value is -4.96. The average molecular weight is 671 g/mol. The van der Waals surface area contributed by atoms with Crippen molar-refractivity contribution in [3.63, 3.8) is 0 Å². The first-order chi connectivity index (χ1) is 22.8. The number of benzene rings is 4. The van der Waals surface area contributed by atoms with Gasteiger partial charge in [0.25, 0.3) is 0 Å². The van der Waals surface area contributed by atoms with E-state index in [1.54, 1.807) is 0 Å². The van der Waals surface area contributed by atoms with Crippen LogP contribution in [0.25, 0.3) is 0 Å². The molecule has 10 N–H and O–H groups in total. The van der Waals surface area contributed by atoms with E-state index in [2.05, 4.69) is 0 Å². The quantitative estimate of drug-likeness (QED) is 0.0777. The largest absolute Gasteiger partial charge is 0.508 e. The molecule has 0 aliphatic carbocycles. The van der Waals surface area contributed by atoms with Gasteiger partial charge in [-0.1, -0.05) is 0 Å². The summed E-state index contributed by atoms with van der Waals surface area (Å²) in [7, 11) is 0. The monoisotopic (exact) mass is 670 g/mol. The Labute approximate surface area is 275 Å². The van der Waals surface area contributed by atoms with Gasteiger partial charge in [0.05, 0.1) is 39.6 Å². The van der Waals surface area contributed by atoms with Crippen LogP contribution in [0.4, 0.5) is 0 Å². The zero-order chi connectivity index (χ0) is 34.8. The molecule has 14 heteroatoms. The molecule has 4 rings (SSSR count). The summed E-state index contributed by atoms with van der Waals surface area (Å²) < 4.78 is 23.2. The van der Waals surface area contributed by atoms with Crippen LogP contribution in [0.2, 0.25) is 0 Å². The first-order valence-electron chi connectivity index (χ1n) is 14.7. The molecule has 48 heavy (non-hydrogen) atoms. The fourth-order valence-electron chi connectivity index (χ4n) is 4.88. The number of rotatable bonds is 17. The van der Waals surface area contributed by atoms with E-state index in [4.69, 9.17) is 18.9 Å². The molecule has 0 spiro atoms. The molecule has 0 amide bonds. The molecule has 0 saturated heterocycles. The van der Waals surface area contributed by atoms with Crippen LogP contribution < -0.4 is 0 Å². The molecule has 0 unspecified atom stereocenters. The minimum Gasteiger partial charge on any atom is -0.508 e. The Morgan fingerprint density at radius 2 is 0.583 bits per heavy atom. The average Bonchev–Trinajstić information content (AvgIpc) is 2.98. The maximum Gasteiger partial charge on any atom is 0.119 e. The van der Waals surface area contributed by atoms with Crippen LogP contribution in [-0.4, -0.2) is 88.7 Å². The minimum absolute atomic E-state index is 0.127. The maximum absolute atomic E-state index is 11.4. The Morgan fingerprint density at radius 1 is 0.354 bits per heavy atom. The SMILES string of the molecule is Oc1cc(O)cc(COC[C@@H](OCc2cc(O)cc(O)c2)[C@@H](O)[C@H](O)[C@@H](COCc2cc(O)cc(O)c2)OCc2cc(O)cc(O)c2)c1. The van der Waals surface area contributed by atoms with Crippen molar-refractivity contribution in [1.29, 1.82) is 0 Å². The Bertz CT molecular complexity index is 1440. The standard InChI is InChI=1S/C34H38O14/c35-23-1-19(2-24(36)9-23)13-45-17-31(47-15-21-5-27(39)11-28(40)6-21)33(43)34(44)32(48-16-22-7-29(41)12-30(42)8-22)18-46-14-20-3-25(37)10-26(38)4-20/h1-12,31-44H,13-18H2/t31-,32-,33-,34-/m1/s1. The van der Waals surface area contributed by atoms with Gasteiger partial charge in [0.15, 0.2) is 0 Å². The Kier molecular flexibility index (Phi) is 12.5. The number of phenolic OH excluding ortho intramolecular Hbond substituents is 8. The molecule has 4 aromatic carbocycles. The van der Waals surface area contributed by atoms with Gasteiger partial charge in [0, 0.05) is 24.3 Å². The van der Waals surface area contributed by atoms with E-state index in [0.29, 0.717) is 22.3 Å². The molecule has 0 saturated carbocycles. The fourth-order valence-corrected chi connectivity index (χ4v) is 4.88. The summed E-state index contributed by atoms with van der Waals surface area (Å²) in [5.74, 6) is -1.68. The van der Waals surface area contributed by atoms with Crippen molar-refractivity contribution in [3.8, 4) is 46.0 Å². The van der Waals surface area contributed by atoms with Crippen molar-refractivity contribution in [3.05, 3.63) is 95.1 Å². The molecule has 0 heterocycles. The fraction of sp³-hybridized carbons (Fsp3) is 0.294. The van der Waals surface area contributed by atoms with Gasteiger partial charge in [0.1, 0.15) is 70.4 Å². The first-order valence-corrected chi connectivity index (χ1v) is 14.7. The van der Waals surface area contributed by atoms with Gasteiger partial charge < -0.3 is 70.0 Å². The molecule has 0 fully saturated rings. The van der Waals surface area contributed by atoms with Gasteiger partial charge in [-0.25, -0.2) is 0 Å². The molecular formula is C34H38O14. The smallest absolute Gasteiger partial charge is 0.119 e. The highest BCUT2D eigenvalue weighted by molar-refractivity contribution is 5.38. The van der Waals surface area contributed by atoms with E-state index in [1.165, 1.54) is 48.5 Å². The lowest BCUT2D eigenvalue weighted by atomic mass is 10.0.